The Morgan fingerprint density at radius 3 is 2.50 bits per heavy atom. The molecule has 0 radical (unpaired) electrons. The van der Waals surface area contributed by atoms with Crippen molar-refractivity contribution in [3.05, 3.63) is 54.1 Å². The molecule has 2 aliphatic heterocycles. The first-order chi connectivity index (χ1) is 14.2. The van der Waals surface area contributed by atoms with E-state index in [2.05, 4.69) is 5.32 Å². The number of para-hydroxylation sites is 1. The van der Waals surface area contributed by atoms with Gasteiger partial charge in [0.25, 0.3) is 0 Å². The maximum absolute atomic E-state index is 12.8. The molecule has 0 unspecified atom stereocenters. The summed E-state index contributed by atoms with van der Waals surface area (Å²) in [4.78, 5) is 41.5. The molecule has 0 spiro atoms. The van der Waals surface area contributed by atoms with Crippen LogP contribution in [0, 0.1) is 11.3 Å². The van der Waals surface area contributed by atoms with E-state index in [0.29, 0.717) is 18.8 Å². The molecule has 6 heteroatoms. The van der Waals surface area contributed by atoms with Gasteiger partial charge >= 0.3 is 0 Å². The molecule has 6 nitrogen and oxygen atoms in total. The zero-order valence-corrected chi connectivity index (χ0v) is 17.6. The Hall–Kier alpha value is -3.15. The average Bonchev–Trinajstić information content (AvgIpc) is 3.30. The van der Waals surface area contributed by atoms with Crippen LogP contribution in [0.3, 0.4) is 0 Å². The smallest absolute Gasteiger partial charge is 0.232 e. The molecule has 2 heterocycles. The Morgan fingerprint density at radius 2 is 1.80 bits per heavy atom. The molecule has 1 fully saturated rings. The Kier molecular flexibility index (Phi) is 5.10. The van der Waals surface area contributed by atoms with E-state index in [1.807, 2.05) is 69.3 Å². The van der Waals surface area contributed by atoms with Gasteiger partial charge in [-0.2, -0.15) is 0 Å². The van der Waals surface area contributed by atoms with Gasteiger partial charge in [-0.25, -0.2) is 0 Å². The first-order valence-corrected chi connectivity index (χ1v) is 10.4. The fraction of sp³-hybridized carbons (Fsp3) is 0.375. The fourth-order valence-electron chi connectivity index (χ4n) is 4.06. The predicted octanol–water partition coefficient (Wildman–Crippen LogP) is 3.61. The van der Waals surface area contributed by atoms with Crippen molar-refractivity contribution in [2.45, 2.75) is 33.6 Å². The highest BCUT2D eigenvalue weighted by atomic mass is 16.2. The lowest BCUT2D eigenvalue weighted by Gasteiger charge is -2.26. The van der Waals surface area contributed by atoms with E-state index in [4.69, 9.17) is 0 Å². The molecular weight excluding hydrogens is 378 g/mol. The second-order valence-electron chi connectivity index (χ2n) is 9.03. The predicted molar refractivity (Wildman–Crippen MR) is 117 cm³/mol. The lowest BCUT2D eigenvalue weighted by atomic mass is 9.94. The van der Waals surface area contributed by atoms with Crippen LogP contribution < -0.4 is 15.1 Å². The second kappa shape index (κ2) is 7.59. The van der Waals surface area contributed by atoms with Crippen LogP contribution in [0.15, 0.2) is 48.5 Å². The highest BCUT2D eigenvalue weighted by molar-refractivity contribution is 6.04. The summed E-state index contributed by atoms with van der Waals surface area (Å²) in [5.74, 6) is -0.548. The van der Waals surface area contributed by atoms with E-state index in [1.165, 1.54) is 0 Å². The summed E-state index contributed by atoms with van der Waals surface area (Å²) in [6, 6.07) is 15.1. The van der Waals surface area contributed by atoms with Gasteiger partial charge in [0, 0.05) is 42.0 Å². The van der Waals surface area contributed by atoms with Gasteiger partial charge in [0.1, 0.15) is 0 Å². The van der Waals surface area contributed by atoms with Gasteiger partial charge in [-0.1, -0.05) is 45.0 Å². The zero-order chi connectivity index (χ0) is 21.5. The third-order valence-corrected chi connectivity index (χ3v) is 5.70. The van der Waals surface area contributed by atoms with Crippen LogP contribution in [-0.2, 0) is 20.8 Å². The van der Waals surface area contributed by atoms with Crippen LogP contribution in [0.5, 0.6) is 0 Å². The molecule has 2 aromatic rings. The number of hydrogen-bond donors (Lipinski definition) is 1. The fourth-order valence-corrected chi connectivity index (χ4v) is 4.06. The maximum Gasteiger partial charge on any atom is 0.232 e. The first-order valence-electron chi connectivity index (χ1n) is 10.4. The van der Waals surface area contributed by atoms with Crippen molar-refractivity contribution in [1.29, 1.82) is 0 Å². The SMILES string of the molecule is CC(C)(C)C(=O)N1CCc2ccc(NC(=O)[C@H]3CC(=O)N(c4ccccc4)C3)cc21. The highest BCUT2D eigenvalue weighted by Gasteiger charge is 2.36. The molecule has 30 heavy (non-hydrogen) atoms. The molecule has 0 saturated carbocycles. The Morgan fingerprint density at radius 1 is 1.07 bits per heavy atom. The molecule has 1 saturated heterocycles. The van der Waals surface area contributed by atoms with Gasteiger partial charge in [-0.3, -0.25) is 14.4 Å². The van der Waals surface area contributed by atoms with Crippen LogP contribution >= 0.6 is 0 Å². The molecule has 156 valence electrons. The molecule has 0 bridgehead atoms. The van der Waals surface area contributed by atoms with Crippen molar-refractivity contribution >= 4 is 34.8 Å². The Labute approximate surface area is 176 Å². The van der Waals surface area contributed by atoms with Gasteiger partial charge in [0.2, 0.25) is 17.7 Å². The van der Waals surface area contributed by atoms with E-state index >= 15 is 0 Å². The summed E-state index contributed by atoms with van der Waals surface area (Å²) < 4.78 is 0. The van der Waals surface area contributed by atoms with Crippen molar-refractivity contribution in [2.75, 3.05) is 28.2 Å². The summed E-state index contributed by atoms with van der Waals surface area (Å²) in [6.07, 6.45) is 1.01. The Bertz CT molecular complexity index is 995. The lowest BCUT2D eigenvalue weighted by Crippen LogP contribution is -2.38. The number of amides is 3. The molecule has 1 atom stereocenters. The van der Waals surface area contributed by atoms with E-state index in [-0.39, 0.29) is 24.1 Å². The summed E-state index contributed by atoms with van der Waals surface area (Å²) in [7, 11) is 0. The summed E-state index contributed by atoms with van der Waals surface area (Å²) >= 11 is 0. The topological polar surface area (TPSA) is 69.7 Å². The highest BCUT2D eigenvalue weighted by Crippen LogP contribution is 2.34. The number of nitrogens with one attached hydrogen (secondary N) is 1. The van der Waals surface area contributed by atoms with Crippen LogP contribution in [0.2, 0.25) is 0 Å². The lowest BCUT2D eigenvalue weighted by molar-refractivity contribution is -0.125. The number of fused-ring (bicyclic) bond motifs is 1. The van der Waals surface area contributed by atoms with E-state index in [1.54, 1.807) is 9.80 Å². The monoisotopic (exact) mass is 405 g/mol. The number of anilines is 3. The van der Waals surface area contributed by atoms with E-state index < -0.39 is 11.3 Å². The number of nitrogens with zero attached hydrogens (tertiary/aromatic N) is 2. The third-order valence-electron chi connectivity index (χ3n) is 5.70. The third kappa shape index (κ3) is 3.82. The van der Waals surface area contributed by atoms with Crippen molar-refractivity contribution < 1.29 is 14.4 Å². The minimum atomic E-state index is -0.466. The van der Waals surface area contributed by atoms with E-state index in [0.717, 1.165) is 23.4 Å². The van der Waals surface area contributed by atoms with Gasteiger partial charge < -0.3 is 15.1 Å². The van der Waals surface area contributed by atoms with Crippen molar-refractivity contribution in [3.8, 4) is 0 Å². The number of benzene rings is 2. The van der Waals surface area contributed by atoms with Crippen molar-refractivity contribution in [3.63, 3.8) is 0 Å². The minimum Gasteiger partial charge on any atom is -0.326 e. The molecule has 2 aliphatic rings. The molecule has 0 aliphatic carbocycles. The van der Waals surface area contributed by atoms with Gasteiger partial charge in [-0.05, 0) is 36.2 Å². The summed E-state index contributed by atoms with van der Waals surface area (Å²) in [6.45, 7) is 6.76. The van der Waals surface area contributed by atoms with Gasteiger partial charge in [-0.15, -0.1) is 0 Å². The average molecular weight is 405 g/mol. The van der Waals surface area contributed by atoms with E-state index in [9.17, 15) is 14.4 Å². The van der Waals surface area contributed by atoms with Crippen LogP contribution in [0.4, 0.5) is 17.1 Å². The van der Waals surface area contributed by atoms with Crippen LogP contribution in [-0.4, -0.2) is 30.8 Å². The maximum atomic E-state index is 12.8. The first kappa shape index (κ1) is 20.1. The number of carbonyl (C=O) groups is 3. The minimum absolute atomic E-state index is 0.0442. The van der Waals surface area contributed by atoms with Gasteiger partial charge in [0.05, 0.1) is 5.92 Å². The van der Waals surface area contributed by atoms with Crippen LogP contribution in [0.1, 0.15) is 32.8 Å². The zero-order valence-electron chi connectivity index (χ0n) is 17.6. The number of hydrogen-bond acceptors (Lipinski definition) is 3. The number of rotatable bonds is 3. The van der Waals surface area contributed by atoms with Crippen molar-refractivity contribution in [2.24, 2.45) is 11.3 Å². The number of carbonyl (C=O) groups excluding carboxylic acids is 3. The van der Waals surface area contributed by atoms with Gasteiger partial charge in [0.15, 0.2) is 0 Å². The molecular formula is C24H27N3O3. The van der Waals surface area contributed by atoms with Crippen molar-refractivity contribution in [1.82, 2.24) is 0 Å². The standard InChI is InChI=1S/C24H27N3O3/c1-24(2,3)23(30)26-12-11-16-9-10-18(14-20(16)26)25-22(29)17-13-21(28)27(15-17)19-7-5-4-6-8-19/h4-10,14,17H,11-13,15H2,1-3H3,(H,25,29)/t17-/m0/s1. The second-order valence-corrected chi connectivity index (χ2v) is 9.03. The molecule has 2 aromatic carbocycles. The molecule has 1 N–H and O–H groups in total. The summed E-state index contributed by atoms with van der Waals surface area (Å²) in [5.41, 5.74) is 2.97. The quantitative estimate of drug-likeness (QED) is 0.848. The Balaban J connectivity index is 1.47. The molecule has 4 rings (SSSR count). The largest absolute Gasteiger partial charge is 0.326 e. The van der Waals surface area contributed by atoms with Crippen LogP contribution in [0.25, 0.3) is 0 Å². The molecule has 3 amide bonds. The summed E-state index contributed by atoms with van der Waals surface area (Å²) in [5, 5.41) is 2.95. The molecule has 0 aromatic heterocycles. The normalized spacial score (nSPS) is 18.5.